The normalized spacial score (nSPS) is 16.0. The van der Waals surface area contributed by atoms with E-state index in [9.17, 15) is 32.4 Å². The van der Waals surface area contributed by atoms with Gasteiger partial charge in [0.2, 0.25) is 39.4 Å². The Kier molecular flexibility index (Phi) is 14.7. The molecule has 5 aromatic rings. The minimum atomic E-state index is -3.93. The summed E-state index contributed by atoms with van der Waals surface area (Å²) in [6.07, 6.45) is 4.03. The average Bonchev–Trinajstić information content (AvgIpc) is 4.07. The number of pyridine rings is 1. The number of piperazine rings is 1. The van der Waals surface area contributed by atoms with E-state index in [-0.39, 0.29) is 53.9 Å². The van der Waals surface area contributed by atoms with Crippen molar-refractivity contribution in [2.24, 2.45) is 5.41 Å². The van der Waals surface area contributed by atoms with E-state index in [0.29, 0.717) is 63.2 Å². The van der Waals surface area contributed by atoms with E-state index in [0.717, 1.165) is 33.8 Å². The van der Waals surface area contributed by atoms with Crippen molar-refractivity contribution in [3.63, 3.8) is 0 Å². The van der Waals surface area contributed by atoms with Gasteiger partial charge in [-0.05, 0) is 60.9 Å². The number of ketones is 1. The number of aryl methyl sites for hydroxylation is 1. The molecule has 2 aliphatic heterocycles. The number of thiazole rings is 1. The number of rotatable bonds is 16. The Bertz CT molecular complexity index is 2780. The van der Waals surface area contributed by atoms with Gasteiger partial charge in [0, 0.05) is 69.3 Å². The van der Waals surface area contributed by atoms with Crippen molar-refractivity contribution >= 4 is 73.2 Å². The Balaban J connectivity index is 0.914. The summed E-state index contributed by atoms with van der Waals surface area (Å²) in [5.74, 6) is -5.10. The molecule has 0 radical (unpaired) electrons. The molecule has 7 rings (SSSR count). The van der Waals surface area contributed by atoms with Gasteiger partial charge < -0.3 is 30.3 Å². The monoisotopic (exact) mass is 959 g/mol. The molecule has 0 saturated carbocycles. The van der Waals surface area contributed by atoms with Crippen molar-refractivity contribution in [1.29, 1.82) is 0 Å². The van der Waals surface area contributed by atoms with Crippen LogP contribution in [0, 0.1) is 24.0 Å². The molecule has 2 aliphatic rings. The number of halogens is 2. The SMILES string of the molecule is CCCS(=O)(=O)Nc1ccc(F)c(C(=O)c2c[nH]c3ncc(N4CCN(C(=O)CCC(=O)N[C@H](C(=O)N5CCC[C@H]5C(=O)NCc5ccc(-c6scnc6C)cc5)C(C)(C)C)CC4)cc23)c1F. The fourth-order valence-electron chi connectivity index (χ4n) is 8.42. The third kappa shape index (κ3) is 11.1. The average molecular weight is 960 g/mol. The molecule has 0 unspecified atom stereocenters. The molecule has 2 aromatic carbocycles. The quantitative estimate of drug-likeness (QED) is 0.0859. The predicted octanol–water partition coefficient (Wildman–Crippen LogP) is 5.92. The lowest BCUT2D eigenvalue weighted by atomic mass is 9.85. The number of fused-ring (bicyclic) bond motifs is 1. The van der Waals surface area contributed by atoms with E-state index < -0.39 is 62.1 Å². The minimum Gasteiger partial charge on any atom is -0.367 e. The smallest absolute Gasteiger partial charge is 0.246 e. The van der Waals surface area contributed by atoms with Gasteiger partial charge in [0.05, 0.1) is 45.0 Å². The molecule has 0 spiro atoms. The number of carbonyl (C=O) groups is 5. The summed E-state index contributed by atoms with van der Waals surface area (Å²) >= 11 is 1.57. The molecular weight excluding hydrogens is 905 g/mol. The van der Waals surface area contributed by atoms with Crippen LogP contribution in [0.1, 0.15) is 87.0 Å². The van der Waals surface area contributed by atoms with Crippen LogP contribution in [0.2, 0.25) is 0 Å². The Labute approximate surface area is 392 Å². The maximum absolute atomic E-state index is 15.5. The number of nitrogens with one attached hydrogen (secondary N) is 4. The number of amides is 4. The van der Waals surface area contributed by atoms with E-state index in [2.05, 4.69) is 30.3 Å². The number of carbonyl (C=O) groups excluding carboxylic acids is 5. The van der Waals surface area contributed by atoms with Gasteiger partial charge in [-0.3, -0.25) is 28.7 Å². The molecular formula is C47H55F2N9O7S2. The standard InChI is InChI=1S/C47H55F2N9O7S2/c1-6-22-67(64,65)55-35-14-13-34(48)39(40(35)49)41(61)33-26-51-44-32(33)23-31(25-50-44)56-18-20-57(21-19-56)38(60)16-15-37(59)54-43(47(3,4)5)46(63)58-17-7-8-36(58)45(62)52-24-29-9-11-30(12-10-29)42-28(2)53-27-66-42/h9-14,23,25-27,36,43,55H,6-8,15-22,24H2,1-5H3,(H,50,51)(H,52,62)(H,54,59)/t36-,43+/m0/s1. The van der Waals surface area contributed by atoms with Crippen LogP contribution >= 0.6 is 11.3 Å². The first-order chi connectivity index (χ1) is 31.8. The van der Waals surface area contributed by atoms with E-state index in [1.54, 1.807) is 40.3 Å². The summed E-state index contributed by atoms with van der Waals surface area (Å²) < 4.78 is 57.3. The van der Waals surface area contributed by atoms with Crippen LogP contribution in [0.3, 0.4) is 0 Å². The molecule has 0 aliphatic carbocycles. The molecule has 2 fully saturated rings. The number of nitrogens with zero attached hydrogens (tertiary/aromatic N) is 5. The summed E-state index contributed by atoms with van der Waals surface area (Å²) in [6, 6.07) is 9.71. The minimum absolute atomic E-state index is 0.0693. The number of benzene rings is 2. The summed E-state index contributed by atoms with van der Waals surface area (Å²) in [6.45, 7) is 11.2. The lowest BCUT2D eigenvalue weighted by Gasteiger charge is -2.36. The largest absolute Gasteiger partial charge is 0.367 e. The molecule has 4 amide bonds. The van der Waals surface area contributed by atoms with Crippen molar-refractivity contribution < 1.29 is 41.2 Å². The van der Waals surface area contributed by atoms with Crippen LogP contribution in [0.5, 0.6) is 0 Å². The van der Waals surface area contributed by atoms with Gasteiger partial charge in [0.15, 0.2) is 5.82 Å². The fourth-order valence-corrected chi connectivity index (χ4v) is 10.4. The summed E-state index contributed by atoms with van der Waals surface area (Å²) in [7, 11) is -3.93. The van der Waals surface area contributed by atoms with Gasteiger partial charge in [0.25, 0.3) is 0 Å². The van der Waals surface area contributed by atoms with E-state index in [1.165, 1.54) is 6.20 Å². The van der Waals surface area contributed by atoms with Crippen molar-refractivity contribution in [3.05, 3.63) is 94.4 Å². The van der Waals surface area contributed by atoms with Crippen LogP contribution in [0.25, 0.3) is 21.5 Å². The highest BCUT2D eigenvalue weighted by molar-refractivity contribution is 7.92. The van der Waals surface area contributed by atoms with Gasteiger partial charge in [0.1, 0.15) is 23.5 Å². The topological polar surface area (TPSA) is 207 Å². The van der Waals surface area contributed by atoms with Crippen LogP contribution < -0.4 is 20.3 Å². The third-order valence-electron chi connectivity index (χ3n) is 12.1. The van der Waals surface area contributed by atoms with Crippen LogP contribution in [-0.2, 0) is 35.7 Å². The third-order valence-corrected chi connectivity index (χ3v) is 14.5. The highest BCUT2D eigenvalue weighted by Gasteiger charge is 2.42. The van der Waals surface area contributed by atoms with Crippen molar-refractivity contribution in [2.75, 3.05) is 48.1 Å². The van der Waals surface area contributed by atoms with Gasteiger partial charge in [-0.2, -0.15) is 0 Å². The molecule has 4 N–H and O–H groups in total. The Morgan fingerprint density at radius 2 is 1.70 bits per heavy atom. The number of aromatic nitrogens is 3. The number of anilines is 2. The highest BCUT2D eigenvalue weighted by atomic mass is 32.2. The molecule has 2 saturated heterocycles. The van der Waals surface area contributed by atoms with Gasteiger partial charge in [-0.15, -0.1) is 11.3 Å². The van der Waals surface area contributed by atoms with E-state index in [4.69, 9.17) is 0 Å². The summed E-state index contributed by atoms with van der Waals surface area (Å²) in [5.41, 5.74) is 3.40. The number of hydrogen-bond donors (Lipinski definition) is 4. The van der Waals surface area contributed by atoms with E-state index >= 15 is 8.78 Å². The molecule has 3 aromatic heterocycles. The summed E-state index contributed by atoms with van der Waals surface area (Å²) in [5, 5.41) is 6.15. The molecule has 20 heteroatoms. The lowest BCUT2D eigenvalue weighted by molar-refractivity contribution is -0.144. The zero-order valence-electron chi connectivity index (χ0n) is 38.1. The van der Waals surface area contributed by atoms with Crippen LogP contribution in [0.4, 0.5) is 20.2 Å². The first kappa shape index (κ1) is 48.6. The molecule has 356 valence electrons. The Morgan fingerprint density at radius 1 is 0.970 bits per heavy atom. The van der Waals surface area contributed by atoms with Crippen molar-refractivity contribution in [1.82, 2.24) is 35.4 Å². The fraction of sp³-hybridized carbons (Fsp3) is 0.426. The second-order valence-electron chi connectivity index (χ2n) is 17.9. The van der Waals surface area contributed by atoms with Crippen LogP contribution in [-0.4, -0.2) is 113 Å². The highest BCUT2D eigenvalue weighted by Crippen LogP contribution is 2.31. The predicted molar refractivity (Wildman–Crippen MR) is 252 cm³/mol. The molecule has 2 atom stereocenters. The molecule has 67 heavy (non-hydrogen) atoms. The van der Waals surface area contributed by atoms with Crippen LogP contribution in [0.15, 0.2) is 60.4 Å². The Hall–Kier alpha value is -6.28. The van der Waals surface area contributed by atoms with Gasteiger partial charge in [-0.1, -0.05) is 52.0 Å². The number of likely N-dealkylation sites (tertiary alicyclic amines) is 1. The second-order valence-corrected chi connectivity index (χ2v) is 20.6. The van der Waals surface area contributed by atoms with Crippen molar-refractivity contribution in [2.45, 2.75) is 85.4 Å². The maximum Gasteiger partial charge on any atom is 0.246 e. The number of sulfonamides is 1. The second kappa shape index (κ2) is 20.3. The molecule has 5 heterocycles. The van der Waals surface area contributed by atoms with Gasteiger partial charge >= 0.3 is 0 Å². The Morgan fingerprint density at radius 3 is 2.37 bits per heavy atom. The first-order valence-corrected chi connectivity index (χ1v) is 24.8. The lowest BCUT2D eigenvalue weighted by Crippen LogP contribution is -2.57. The molecule has 0 bridgehead atoms. The summed E-state index contributed by atoms with van der Waals surface area (Å²) in [4.78, 5) is 85.7. The van der Waals surface area contributed by atoms with Crippen molar-refractivity contribution in [3.8, 4) is 10.4 Å². The zero-order valence-corrected chi connectivity index (χ0v) is 39.7. The van der Waals surface area contributed by atoms with Gasteiger partial charge in [-0.25, -0.2) is 27.2 Å². The first-order valence-electron chi connectivity index (χ1n) is 22.2. The number of aromatic amines is 1. The zero-order chi connectivity index (χ0) is 48.2. The number of hydrogen-bond acceptors (Lipinski definition) is 11. The molecule has 16 nitrogen and oxygen atoms in total. The van der Waals surface area contributed by atoms with E-state index in [1.807, 2.05) is 62.4 Å². The maximum atomic E-state index is 15.5. The number of H-pyrrole nitrogens is 1.